The molecule has 0 amide bonds. The summed E-state index contributed by atoms with van der Waals surface area (Å²) in [5, 5.41) is 0. The van der Waals surface area contributed by atoms with E-state index in [0.29, 0.717) is 5.92 Å². The highest BCUT2D eigenvalue weighted by Gasteiger charge is 2.59. The van der Waals surface area contributed by atoms with Crippen LogP contribution in [0.3, 0.4) is 0 Å². The van der Waals surface area contributed by atoms with E-state index in [0.717, 1.165) is 0 Å². The van der Waals surface area contributed by atoms with E-state index in [2.05, 4.69) is 6.92 Å². The molecular weight excluding hydrogens is 172 g/mol. The van der Waals surface area contributed by atoms with Crippen molar-refractivity contribution < 1.29 is 19.0 Å². The second-order valence-corrected chi connectivity index (χ2v) is 4.15. The van der Waals surface area contributed by atoms with Crippen LogP contribution in [0.5, 0.6) is 0 Å². The largest absolute Gasteiger partial charge is 0.431 e. The number of ether oxygens (including phenoxy) is 3. The van der Waals surface area contributed by atoms with Gasteiger partial charge in [0.25, 0.3) is 0 Å². The molecule has 3 fully saturated rings. The zero-order valence-corrected chi connectivity index (χ0v) is 7.60. The summed E-state index contributed by atoms with van der Waals surface area (Å²) in [5.74, 6) is 0.193. The molecule has 0 N–H and O–H groups in total. The molecule has 0 aromatic rings. The standard InChI is InChI=1S/C9H12O4/c1-3-5-4(2)7-9(12-5)13-8(10)6(3)11-7/h3-7,9H,1-2H3/t3-,4+,5+,6+,7-,9+/m0/s1. The highest BCUT2D eigenvalue weighted by atomic mass is 16.8. The van der Waals surface area contributed by atoms with Gasteiger partial charge in [-0.1, -0.05) is 13.8 Å². The quantitative estimate of drug-likeness (QED) is 0.508. The van der Waals surface area contributed by atoms with E-state index < -0.39 is 12.4 Å². The molecule has 4 nitrogen and oxygen atoms in total. The van der Waals surface area contributed by atoms with Crippen LogP contribution < -0.4 is 0 Å². The predicted molar refractivity (Wildman–Crippen MR) is 41.7 cm³/mol. The molecule has 13 heavy (non-hydrogen) atoms. The Hall–Kier alpha value is -0.610. The molecule has 72 valence electrons. The van der Waals surface area contributed by atoms with Crippen molar-refractivity contribution in [1.82, 2.24) is 0 Å². The van der Waals surface area contributed by atoms with E-state index in [1.54, 1.807) is 0 Å². The SMILES string of the molecule is C[C@@H]1[C@@H]2O[C@@H]3OC(=O)[C@H](O[C@H]31)[C@H]2C. The summed E-state index contributed by atoms with van der Waals surface area (Å²) in [6, 6.07) is 0. The first-order valence-electron chi connectivity index (χ1n) is 4.70. The molecule has 0 radical (unpaired) electrons. The van der Waals surface area contributed by atoms with Crippen LogP contribution >= 0.6 is 0 Å². The molecule has 3 saturated heterocycles. The van der Waals surface area contributed by atoms with Crippen molar-refractivity contribution in [2.24, 2.45) is 11.8 Å². The van der Waals surface area contributed by atoms with Gasteiger partial charge in [-0.05, 0) is 0 Å². The molecule has 3 aliphatic rings. The van der Waals surface area contributed by atoms with Crippen molar-refractivity contribution in [3.63, 3.8) is 0 Å². The Labute approximate surface area is 76.1 Å². The van der Waals surface area contributed by atoms with Gasteiger partial charge in [-0.25, -0.2) is 4.79 Å². The monoisotopic (exact) mass is 184 g/mol. The number of hydrogen-bond acceptors (Lipinski definition) is 4. The molecule has 3 aliphatic heterocycles. The van der Waals surface area contributed by atoms with Crippen LogP contribution in [-0.2, 0) is 19.0 Å². The van der Waals surface area contributed by atoms with Crippen LogP contribution in [0.2, 0.25) is 0 Å². The Kier molecular flexibility index (Phi) is 1.34. The lowest BCUT2D eigenvalue weighted by atomic mass is 9.84. The fourth-order valence-electron chi connectivity index (χ4n) is 2.59. The van der Waals surface area contributed by atoms with Crippen LogP contribution in [0.25, 0.3) is 0 Å². The average Bonchev–Trinajstić information content (AvgIpc) is 2.25. The van der Waals surface area contributed by atoms with Gasteiger partial charge in [-0.15, -0.1) is 0 Å². The van der Waals surface area contributed by atoms with E-state index in [4.69, 9.17) is 14.2 Å². The molecular formula is C9H12O4. The first-order valence-corrected chi connectivity index (χ1v) is 4.70. The smallest absolute Gasteiger partial charge is 0.338 e. The Morgan fingerprint density at radius 2 is 1.85 bits per heavy atom. The molecule has 3 heterocycles. The molecule has 0 saturated carbocycles. The van der Waals surface area contributed by atoms with Gasteiger partial charge in [-0.2, -0.15) is 0 Å². The summed E-state index contributed by atoms with van der Waals surface area (Å²) >= 11 is 0. The molecule has 0 spiro atoms. The maximum absolute atomic E-state index is 11.3. The van der Waals surface area contributed by atoms with Crippen LogP contribution in [0.15, 0.2) is 0 Å². The van der Waals surface area contributed by atoms with Gasteiger partial charge in [0, 0.05) is 11.8 Å². The number of carbonyl (C=O) groups is 1. The zero-order valence-electron chi connectivity index (χ0n) is 7.60. The minimum atomic E-state index is -0.450. The number of esters is 1. The lowest BCUT2D eigenvalue weighted by Gasteiger charge is -2.38. The van der Waals surface area contributed by atoms with Crippen molar-refractivity contribution in [2.75, 3.05) is 0 Å². The number of fused-ring (bicyclic) bond motifs is 2. The van der Waals surface area contributed by atoms with Crippen LogP contribution in [0.1, 0.15) is 13.8 Å². The maximum atomic E-state index is 11.3. The van der Waals surface area contributed by atoms with Crippen LogP contribution in [0.4, 0.5) is 0 Å². The number of carbonyl (C=O) groups excluding carboxylic acids is 1. The van der Waals surface area contributed by atoms with Crippen LogP contribution in [0, 0.1) is 11.8 Å². The molecule has 0 aromatic carbocycles. The third-order valence-corrected chi connectivity index (χ3v) is 3.36. The first-order chi connectivity index (χ1) is 6.18. The average molecular weight is 184 g/mol. The fraction of sp³-hybridized carbons (Fsp3) is 0.889. The molecule has 0 aromatic heterocycles. The summed E-state index contributed by atoms with van der Waals surface area (Å²) in [4.78, 5) is 11.3. The van der Waals surface area contributed by atoms with Crippen LogP contribution in [-0.4, -0.2) is 30.6 Å². The van der Waals surface area contributed by atoms with Crippen molar-refractivity contribution in [2.45, 2.75) is 38.4 Å². The lowest BCUT2D eigenvalue weighted by Crippen LogP contribution is -2.53. The maximum Gasteiger partial charge on any atom is 0.338 e. The molecule has 3 bridgehead atoms. The highest BCUT2D eigenvalue weighted by Crippen LogP contribution is 2.44. The van der Waals surface area contributed by atoms with E-state index in [-0.39, 0.29) is 24.1 Å². The van der Waals surface area contributed by atoms with Gasteiger partial charge in [-0.3, -0.25) is 0 Å². The van der Waals surface area contributed by atoms with E-state index >= 15 is 0 Å². The summed E-state index contributed by atoms with van der Waals surface area (Å²) in [6.45, 7) is 4.07. The Bertz CT molecular complexity index is 264. The molecule has 0 unspecified atom stereocenters. The van der Waals surface area contributed by atoms with Gasteiger partial charge >= 0.3 is 5.97 Å². The van der Waals surface area contributed by atoms with Gasteiger partial charge < -0.3 is 14.2 Å². The van der Waals surface area contributed by atoms with E-state index in [9.17, 15) is 4.79 Å². The third kappa shape index (κ3) is 0.802. The van der Waals surface area contributed by atoms with E-state index in [1.807, 2.05) is 6.92 Å². The lowest BCUT2D eigenvalue weighted by molar-refractivity contribution is -0.225. The van der Waals surface area contributed by atoms with Crippen molar-refractivity contribution in [3.05, 3.63) is 0 Å². The predicted octanol–water partition coefficient (Wildman–Crippen LogP) is 0.308. The van der Waals surface area contributed by atoms with Gasteiger partial charge in [0.1, 0.15) is 6.10 Å². The Morgan fingerprint density at radius 1 is 1.08 bits per heavy atom. The fourth-order valence-corrected chi connectivity index (χ4v) is 2.59. The minimum Gasteiger partial charge on any atom is -0.431 e. The van der Waals surface area contributed by atoms with Gasteiger partial charge in [0.2, 0.25) is 6.29 Å². The second-order valence-electron chi connectivity index (χ2n) is 4.15. The minimum absolute atomic E-state index is 0.0381. The first kappa shape index (κ1) is 7.76. The molecule has 6 atom stereocenters. The summed E-state index contributed by atoms with van der Waals surface area (Å²) < 4.78 is 16.3. The van der Waals surface area contributed by atoms with Crippen molar-refractivity contribution in [1.29, 1.82) is 0 Å². The van der Waals surface area contributed by atoms with Gasteiger partial charge in [0.15, 0.2) is 6.10 Å². The van der Waals surface area contributed by atoms with Crippen molar-refractivity contribution in [3.8, 4) is 0 Å². The second kappa shape index (κ2) is 2.25. The molecule has 3 rings (SSSR count). The van der Waals surface area contributed by atoms with E-state index in [1.165, 1.54) is 0 Å². The summed E-state index contributed by atoms with van der Waals surface area (Å²) in [6.07, 6.45) is -0.761. The number of hydrogen-bond donors (Lipinski definition) is 0. The normalized spacial score (nSPS) is 58.2. The zero-order chi connectivity index (χ0) is 9.16. The topological polar surface area (TPSA) is 44.8 Å². The Balaban J connectivity index is 2.02. The summed E-state index contributed by atoms with van der Waals surface area (Å²) in [5.41, 5.74) is 0. The Morgan fingerprint density at radius 3 is 2.62 bits per heavy atom. The van der Waals surface area contributed by atoms with Crippen molar-refractivity contribution >= 4 is 5.97 Å². The highest BCUT2D eigenvalue weighted by molar-refractivity contribution is 5.76. The van der Waals surface area contributed by atoms with Gasteiger partial charge in [0.05, 0.1) is 6.10 Å². The third-order valence-electron chi connectivity index (χ3n) is 3.36. The molecule has 4 heteroatoms. The summed E-state index contributed by atoms with van der Waals surface area (Å²) in [7, 11) is 0. The number of rotatable bonds is 0. The molecule has 0 aliphatic carbocycles.